The first-order valence-electron chi connectivity index (χ1n) is 10.3. The van der Waals surface area contributed by atoms with E-state index in [2.05, 4.69) is 15.6 Å². The van der Waals surface area contributed by atoms with Crippen molar-refractivity contribution in [3.8, 4) is 0 Å². The van der Waals surface area contributed by atoms with Crippen LogP contribution >= 0.6 is 0 Å². The van der Waals surface area contributed by atoms with Crippen LogP contribution in [0, 0.1) is 0 Å². The molecule has 9 heteroatoms. The fourth-order valence-electron chi connectivity index (χ4n) is 4.17. The van der Waals surface area contributed by atoms with E-state index in [1.165, 1.54) is 6.26 Å². The highest BCUT2D eigenvalue weighted by atomic mass is 32.2. The number of hydrogen-bond acceptors (Lipinski definition) is 5. The first-order valence-corrected chi connectivity index (χ1v) is 12.4. The molecule has 0 amide bonds. The molecule has 0 saturated carbocycles. The molecule has 3 aromatic heterocycles. The highest BCUT2D eigenvalue weighted by molar-refractivity contribution is 7.90. The number of nitrogens with zero attached hydrogens (tertiary/aromatic N) is 4. The van der Waals surface area contributed by atoms with Gasteiger partial charge in [0.2, 0.25) is 0 Å². The van der Waals surface area contributed by atoms with Gasteiger partial charge in [0.15, 0.2) is 0 Å². The Hall–Kier alpha value is -2.91. The Morgan fingerprint density at radius 2 is 1.84 bits per heavy atom. The largest absolute Gasteiger partial charge is 0.343 e. The fraction of sp³-hybridized carbons (Fsp3) is 0.364. The van der Waals surface area contributed by atoms with Crippen LogP contribution in [0.4, 0.5) is 0 Å². The van der Waals surface area contributed by atoms with E-state index >= 15 is 0 Å². The van der Waals surface area contributed by atoms with Gasteiger partial charge in [-0.25, -0.2) is 13.2 Å². The second kappa shape index (κ2) is 8.32. The van der Waals surface area contributed by atoms with E-state index in [0.29, 0.717) is 32.6 Å². The van der Waals surface area contributed by atoms with Gasteiger partial charge >= 0.3 is 5.69 Å². The summed E-state index contributed by atoms with van der Waals surface area (Å²) in [5.41, 5.74) is 10.3. The summed E-state index contributed by atoms with van der Waals surface area (Å²) in [5.74, 6) is 0.117. The lowest BCUT2D eigenvalue weighted by Gasteiger charge is -2.12. The average molecular weight is 442 g/mol. The molecule has 164 valence electrons. The number of rotatable bonds is 8. The lowest BCUT2D eigenvalue weighted by molar-refractivity contribution is 0.588. The van der Waals surface area contributed by atoms with Gasteiger partial charge in [0, 0.05) is 48.7 Å². The molecule has 0 fully saturated rings. The van der Waals surface area contributed by atoms with Gasteiger partial charge in [0.1, 0.15) is 9.84 Å². The van der Waals surface area contributed by atoms with E-state index in [-0.39, 0.29) is 11.4 Å². The Balaban J connectivity index is 1.81. The zero-order valence-corrected chi connectivity index (χ0v) is 18.6. The summed E-state index contributed by atoms with van der Waals surface area (Å²) in [6.45, 7) is 3.89. The maximum Gasteiger partial charge on any atom is 0.329 e. The molecule has 0 aliphatic carbocycles. The van der Waals surface area contributed by atoms with Crippen LogP contribution < -0.4 is 11.4 Å². The van der Waals surface area contributed by atoms with Gasteiger partial charge in [-0.15, -0.1) is 0 Å². The minimum absolute atomic E-state index is 0.0823. The van der Waals surface area contributed by atoms with Crippen molar-refractivity contribution in [2.45, 2.75) is 39.5 Å². The number of aromatic nitrogens is 4. The molecule has 1 aromatic carbocycles. The maximum absolute atomic E-state index is 13.1. The van der Waals surface area contributed by atoms with Crippen LogP contribution in [0.2, 0.25) is 0 Å². The number of pyridine rings is 1. The van der Waals surface area contributed by atoms with Crippen LogP contribution in [0.5, 0.6) is 0 Å². The molecule has 0 spiro atoms. The van der Waals surface area contributed by atoms with Crippen molar-refractivity contribution >= 4 is 31.8 Å². The number of imidazole rings is 1. The molecule has 0 atom stereocenters. The van der Waals surface area contributed by atoms with E-state index < -0.39 is 9.84 Å². The summed E-state index contributed by atoms with van der Waals surface area (Å²) >= 11 is 0. The number of benzene rings is 1. The zero-order valence-electron chi connectivity index (χ0n) is 17.8. The topological polar surface area (TPSA) is 105 Å². The van der Waals surface area contributed by atoms with Crippen molar-refractivity contribution in [1.82, 2.24) is 18.7 Å². The van der Waals surface area contributed by atoms with Crippen LogP contribution in [-0.2, 0) is 36.0 Å². The molecule has 0 saturated heterocycles. The van der Waals surface area contributed by atoms with Gasteiger partial charge in [-0.1, -0.05) is 6.07 Å². The van der Waals surface area contributed by atoms with Crippen molar-refractivity contribution < 1.29 is 8.42 Å². The quantitative estimate of drug-likeness (QED) is 0.451. The van der Waals surface area contributed by atoms with Crippen LogP contribution in [0.3, 0.4) is 0 Å². The van der Waals surface area contributed by atoms with Crippen molar-refractivity contribution in [2.24, 2.45) is 5.73 Å². The first kappa shape index (κ1) is 21.3. The molecule has 0 bridgehead atoms. The summed E-state index contributed by atoms with van der Waals surface area (Å²) in [4.78, 5) is 17.3. The molecule has 0 aliphatic heterocycles. The van der Waals surface area contributed by atoms with Crippen LogP contribution in [0.1, 0.15) is 24.6 Å². The molecule has 3 heterocycles. The molecular formula is C22H27N5O3S. The molecule has 8 nitrogen and oxygen atoms in total. The van der Waals surface area contributed by atoms with Crippen molar-refractivity contribution in [3.05, 3.63) is 64.5 Å². The fourth-order valence-corrected chi connectivity index (χ4v) is 4.83. The summed E-state index contributed by atoms with van der Waals surface area (Å²) < 4.78 is 28.8. The Morgan fingerprint density at radius 1 is 1.03 bits per heavy atom. The SMILES string of the molecule is CCn1c(=O)n(Cc2cc3cc(CN)ccc3n2CCCS(C)(=O)=O)c2cnccc21. The Labute approximate surface area is 180 Å². The van der Waals surface area contributed by atoms with Crippen molar-refractivity contribution in [1.29, 1.82) is 0 Å². The Kier molecular flexibility index (Phi) is 5.72. The maximum atomic E-state index is 13.1. The number of sulfone groups is 1. The average Bonchev–Trinajstić information content (AvgIpc) is 3.21. The normalized spacial score (nSPS) is 12.2. The number of fused-ring (bicyclic) bond motifs is 2. The zero-order chi connectivity index (χ0) is 22.2. The van der Waals surface area contributed by atoms with Crippen molar-refractivity contribution in [2.75, 3.05) is 12.0 Å². The summed E-state index contributed by atoms with van der Waals surface area (Å²) in [6, 6.07) is 9.96. The molecule has 4 rings (SSSR count). The van der Waals surface area contributed by atoms with E-state index in [4.69, 9.17) is 5.73 Å². The molecule has 0 radical (unpaired) electrons. The van der Waals surface area contributed by atoms with Gasteiger partial charge in [-0.3, -0.25) is 14.1 Å². The van der Waals surface area contributed by atoms with E-state index in [1.54, 1.807) is 21.5 Å². The minimum Gasteiger partial charge on any atom is -0.343 e. The summed E-state index contributed by atoms with van der Waals surface area (Å²) in [7, 11) is -3.05. The van der Waals surface area contributed by atoms with Crippen LogP contribution in [0.15, 0.2) is 47.5 Å². The van der Waals surface area contributed by atoms with E-state index in [9.17, 15) is 13.2 Å². The van der Waals surface area contributed by atoms with Gasteiger partial charge < -0.3 is 10.3 Å². The molecule has 2 N–H and O–H groups in total. The number of aryl methyl sites for hydroxylation is 2. The molecule has 0 aliphatic rings. The second-order valence-electron chi connectivity index (χ2n) is 7.85. The van der Waals surface area contributed by atoms with Gasteiger partial charge in [-0.2, -0.15) is 0 Å². The summed E-state index contributed by atoms with van der Waals surface area (Å²) in [5, 5.41) is 1.03. The number of hydrogen-bond donors (Lipinski definition) is 1. The third-order valence-electron chi connectivity index (χ3n) is 5.64. The Morgan fingerprint density at radius 3 is 2.55 bits per heavy atom. The molecule has 31 heavy (non-hydrogen) atoms. The Bertz CT molecular complexity index is 1410. The summed E-state index contributed by atoms with van der Waals surface area (Å²) in [6.07, 6.45) is 5.16. The highest BCUT2D eigenvalue weighted by Crippen LogP contribution is 2.24. The van der Waals surface area contributed by atoms with Crippen LogP contribution in [-0.4, -0.2) is 39.1 Å². The van der Waals surface area contributed by atoms with Crippen molar-refractivity contribution in [3.63, 3.8) is 0 Å². The minimum atomic E-state index is -3.05. The predicted octanol–water partition coefficient (Wildman–Crippen LogP) is 2.11. The van der Waals surface area contributed by atoms with E-state index in [1.807, 2.05) is 31.2 Å². The smallest absolute Gasteiger partial charge is 0.329 e. The monoisotopic (exact) mass is 441 g/mol. The van der Waals surface area contributed by atoms with Gasteiger partial charge in [0.25, 0.3) is 0 Å². The van der Waals surface area contributed by atoms with Crippen LogP contribution in [0.25, 0.3) is 21.9 Å². The standard InChI is InChI=1S/C22H27N5O3S/c1-3-25-20-7-8-24-14-21(20)27(22(25)28)15-18-12-17-11-16(13-23)5-6-19(17)26(18)9-4-10-31(2,29)30/h5-8,11-12,14H,3-4,9-10,13,15,23H2,1-2H3. The molecule has 0 unspecified atom stereocenters. The molecule has 4 aromatic rings. The molecular weight excluding hydrogens is 414 g/mol. The lowest BCUT2D eigenvalue weighted by atomic mass is 10.1. The van der Waals surface area contributed by atoms with E-state index in [0.717, 1.165) is 33.2 Å². The van der Waals surface area contributed by atoms with Gasteiger partial charge in [-0.05, 0) is 43.2 Å². The first-order chi connectivity index (χ1) is 14.8. The predicted molar refractivity (Wildman–Crippen MR) is 123 cm³/mol. The third-order valence-corrected chi connectivity index (χ3v) is 6.67. The second-order valence-corrected chi connectivity index (χ2v) is 10.1. The third kappa shape index (κ3) is 4.15. The van der Waals surface area contributed by atoms with Gasteiger partial charge in [0.05, 0.1) is 29.5 Å². The highest BCUT2D eigenvalue weighted by Gasteiger charge is 2.16. The lowest BCUT2D eigenvalue weighted by Crippen LogP contribution is -2.25. The number of nitrogens with two attached hydrogens (primary N) is 1.